The van der Waals surface area contributed by atoms with Crippen LogP contribution in [0.2, 0.25) is 0 Å². The zero-order valence-corrected chi connectivity index (χ0v) is 12.0. The molecule has 0 fully saturated rings. The molecule has 0 aliphatic heterocycles. The average Bonchev–Trinajstić information content (AvgIpc) is 2.48. The Morgan fingerprint density at radius 1 is 1.05 bits per heavy atom. The summed E-state index contributed by atoms with van der Waals surface area (Å²) in [6.07, 6.45) is -0.482. The van der Waals surface area contributed by atoms with E-state index in [1.165, 1.54) is 7.11 Å². The second kappa shape index (κ2) is 9.00. The van der Waals surface area contributed by atoms with E-state index in [1.807, 2.05) is 12.1 Å². The lowest BCUT2D eigenvalue weighted by molar-refractivity contribution is 0.170. The summed E-state index contributed by atoms with van der Waals surface area (Å²) in [6, 6.07) is 5.45. The lowest BCUT2D eigenvalue weighted by Crippen LogP contribution is -2.22. The number of hydrogen-bond acceptors (Lipinski definition) is 6. The minimum atomic E-state index is -0.482. The van der Waals surface area contributed by atoms with Gasteiger partial charge in [-0.25, -0.2) is 4.79 Å². The van der Waals surface area contributed by atoms with Gasteiger partial charge in [0, 0.05) is 12.6 Å². The summed E-state index contributed by atoms with van der Waals surface area (Å²) in [5.41, 5.74) is 0.857. The van der Waals surface area contributed by atoms with E-state index in [0.29, 0.717) is 31.5 Å². The number of rotatable bonds is 8. The summed E-state index contributed by atoms with van der Waals surface area (Å²) < 4.78 is 15.5. The number of benzene rings is 1. The normalized spacial score (nSPS) is 9.95. The number of amides is 1. The summed E-state index contributed by atoms with van der Waals surface area (Å²) in [5, 5.41) is 8.40. The van der Waals surface area contributed by atoms with Crippen molar-refractivity contribution in [3.05, 3.63) is 23.8 Å². The number of carbonyl (C=O) groups excluding carboxylic acids is 1. The standard InChI is InChI=1S/C13H21N3O4/c1-14-8-19-11-4-10(7-16-13(17)18-3)5-12(6-11)20-9-15-2/h4-6,14-15H,7-9H2,1-3H3,(H,16,17). The first-order chi connectivity index (χ1) is 9.69. The predicted octanol–water partition coefficient (Wildman–Crippen LogP) is 0.654. The van der Waals surface area contributed by atoms with Crippen LogP contribution in [0.1, 0.15) is 5.56 Å². The van der Waals surface area contributed by atoms with Gasteiger partial charge >= 0.3 is 6.09 Å². The van der Waals surface area contributed by atoms with Crippen molar-refractivity contribution in [1.29, 1.82) is 0 Å². The van der Waals surface area contributed by atoms with Crippen LogP contribution in [0.25, 0.3) is 0 Å². The zero-order chi connectivity index (χ0) is 14.8. The van der Waals surface area contributed by atoms with Crippen LogP contribution in [0.5, 0.6) is 11.5 Å². The molecule has 0 aliphatic rings. The molecular formula is C13H21N3O4. The fourth-order valence-corrected chi connectivity index (χ4v) is 1.46. The third-order valence-electron chi connectivity index (χ3n) is 2.33. The molecule has 0 atom stereocenters. The molecule has 0 aliphatic carbocycles. The van der Waals surface area contributed by atoms with Gasteiger partial charge in [-0.3, -0.25) is 10.6 Å². The van der Waals surface area contributed by atoms with Crippen molar-refractivity contribution in [2.45, 2.75) is 6.54 Å². The molecule has 0 aromatic heterocycles. The SMILES string of the molecule is CNCOc1cc(CNC(=O)OC)cc(OCNC)c1. The van der Waals surface area contributed by atoms with Crippen molar-refractivity contribution in [2.75, 3.05) is 34.7 Å². The first-order valence-corrected chi connectivity index (χ1v) is 6.20. The van der Waals surface area contributed by atoms with Crippen molar-refractivity contribution in [3.63, 3.8) is 0 Å². The van der Waals surface area contributed by atoms with Crippen molar-refractivity contribution in [3.8, 4) is 11.5 Å². The van der Waals surface area contributed by atoms with Crippen molar-refractivity contribution in [1.82, 2.24) is 16.0 Å². The summed E-state index contributed by atoms with van der Waals surface area (Å²) in [7, 11) is 4.91. The molecule has 112 valence electrons. The Bertz CT molecular complexity index is 400. The number of carbonyl (C=O) groups is 1. The van der Waals surface area contributed by atoms with E-state index in [1.54, 1.807) is 20.2 Å². The Morgan fingerprint density at radius 3 is 2.05 bits per heavy atom. The molecule has 7 heteroatoms. The Kier molecular flexibility index (Phi) is 7.23. The lowest BCUT2D eigenvalue weighted by Gasteiger charge is -2.12. The molecule has 0 unspecified atom stereocenters. The van der Waals surface area contributed by atoms with Crippen LogP contribution in [-0.4, -0.2) is 40.8 Å². The second-order valence-electron chi connectivity index (χ2n) is 3.94. The molecule has 0 saturated heterocycles. The topological polar surface area (TPSA) is 80.9 Å². The Balaban J connectivity index is 2.76. The van der Waals surface area contributed by atoms with Crippen LogP contribution in [0.3, 0.4) is 0 Å². The van der Waals surface area contributed by atoms with Crippen molar-refractivity contribution >= 4 is 6.09 Å². The zero-order valence-electron chi connectivity index (χ0n) is 12.0. The molecular weight excluding hydrogens is 262 g/mol. The van der Waals surface area contributed by atoms with E-state index in [2.05, 4.69) is 20.7 Å². The van der Waals surface area contributed by atoms with Crippen LogP contribution >= 0.6 is 0 Å². The van der Waals surface area contributed by atoms with E-state index in [4.69, 9.17) is 9.47 Å². The number of methoxy groups -OCH3 is 1. The van der Waals surface area contributed by atoms with Gasteiger partial charge in [0.05, 0.1) is 7.11 Å². The number of nitrogens with one attached hydrogen (secondary N) is 3. The molecule has 1 amide bonds. The minimum absolute atomic E-state index is 0.333. The monoisotopic (exact) mass is 283 g/mol. The van der Waals surface area contributed by atoms with E-state index in [0.717, 1.165) is 5.56 Å². The molecule has 0 heterocycles. The first kappa shape index (κ1) is 16.1. The van der Waals surface area contributed by atoms with Crippen molar-refractivity contribution in [2.24, 2.45) is 0 Å². The highest BCUT2D eigenvalue weighted by molar-refractivity contribution is 5.66. The second-order valence-corrected chi connectivity index (χ2v) is 3.94. The lowest BCUT2D eigenvalue weighted by atomic mass is 10.2. The van der Waals surface area contributed by atoms with Gasteiger partial charge in [0.15, 0.2) is 0 Å². The molecule has 0 saturated carbocycles. The first-order valence-electron chi connectivity index (χ1n) is 6.20. The van der Waals surface area contributed by atoms with E-state index in [-0.39, 0.29) is 0 Å². The third-order valence-corrected chi connectivity index (χ3v) is 2.33. The number of alkyl carbamates (subject to hydrolysis) is 1. The summed E-state index contributed by atoms with van der Waals surface area (Å²) >= 11 is 0. The van der Waals surface area contributed by atoms with Gasteiger partial charge in [0.1, 0.15) is 25.0 Å². The molecule has 20 heavy (non-hydrogen) atoms. The minimum Gasteiger partial charge on any atom is -0.478 e. The van der Waals surface area contributed by atoms with Gasteiger partial charge in [0.25, 0.3) is 0 Å². The third kappa shape index (κ3) is 5.77. The number of hydrogen-bond donors (Lipinski definition) is 3. The fourth-order valence-electron chi connectivity index (χ4n) is 1.46. The van der Waals surface area contributed by atoms with Gasteiger partial charge < -0.3 is 19.5 Å². The maximum Gasteiger partial charge on any atom is 0.407 e. The highest BCUT2D eigenvalue weighted by Crippen LogP contribution is 2.23. The van der Waals surface area contributed by atoms with Gasteiger partial charge in [-0.15, -0.1) is 0 Å². The summed E-state index contributed by atoms with van der Waals surface area (Å²) in [6.45, 7) is 1.11. The highest BCUT2D eigenvalue weighted by Gasteiger charge is 2.05. The van der Waals surface area contributed by atoms with Gasteiger partial charge in [-0.05, 0) is 31.8 Å². The van der Waals surface area contributed by atoms with Crippen LogP contribution in [0.4, 0.5) is 4.79 Å². The van der Waals surface area contributed by atoms with Crippen LogP contribution in [0, 0.1) is 0 Å². The smallest absolute Gasteiger partial charge is 0.407 e. The summed E-state index contributed by atoms with van der Waals surface area (Å²) in [5.74, 6) is 1.32. The van der Waals surface area contributed by atoms with Gasteiger partial charge in [-0.2, -0.15) is 0 Å². The average molecular weight is 283 g/mol. The predicted molar refractivity (Wildman–Crippen MR) is 74.8 cm³/mol. The highest BCUT2D eigenvalue weighted by atomic mass is 16.5. The molecule has 0 spiro atoms. The molecule has 1 rings (SSSR count). The Labute approximate surface area is 118 Å². The van der Waals surface area contributed by atoms with Gasteiger partial charge in [-0.1, -0.05) is 0 Å². The largest absolute Gasteiger partial charge is 0.478 e. The fraction of sp³-hybridized carbons (Fsp3) is 0.462. The molecule has 1 aromatic rings. The van der Waals surface area contributed by atoms with Crippen LogP contribution in [-0.2, 0) is 11.3 Å². The molecule has 3 N–H and O–H groups in total. The van der Waals surface area contributed by atoms with Crippen molar-refractivity contribution < 1.29 is 19.0 Å². The molecule has 0 radical (unpaired) electrons. The van der Waals surface area contributed by atoms with Gasteiger partial charge in [0.2, 0.25) is 0 Å². The maximum absolute atomic E-state index is 11.1. The van der Waals surface area contributed by atoms with E-state index in [9.17, 15) is 4.79 Å². The van der Waals surface area contributed by atoms with Crippen LogP contribution in [0.15, 0.2) is 18.2 Å². The summed E-state index contributed by atoms with van der Waals surface area (Å²) in [4.78, 5) is 11.1. The quantitative estimate of drug-likeness (QED) is 0.608. The maximum atomic E-state index is 11.1. The molecule has 1 aromatic carbocycles. The Morgan fingerprint density at radius 2 is 1.60 bits per heavy atom. The Hall–Kier alpha value is -1.99. The van der Waals surface area contributed by atoms with E-state index >= 15 is 0 Å². The molecule has 7 nitrogen and oxygen atoms in total. The number of ether oxygens (including phenoxy) is 3. The molecule has 0 bridgehead atoms. The van der Waals surface area contributed by atoms with Crippen LogP contribution < -0.4 is 25.4 Å². The van der Waals surface area contributed by atoms with E-state index < -0.39 is 6.09 Å².